The van der Waals surface area contributed by atoms with E-state index in [4.69, 9.17) is 9.47 Å². The molecule has 0 radical (unpaired) electrons. The summed E-state index contributed by atoms with van der Waals surface area (Å²) in [6.07, 6.45) is 0. The Balaban J connectivity index is 2.76. The summed E-state index contributed by atoms with van der Waals surface area (Å²) in [6.45, 7) is 7.22. The van der Waals surface area contributed by atoms with E-state index in [1.807, 2.05) is 27.7 Å². The van der Waals surface area contributed by atoms with Gasteiger partial charge in [-0.3, -0.25) is 4.79 Å². The Morgan fingerprint density at radius 1 is 1.18 bits per heavy atom. The van der Waals surface area contributed by atoms with Crippen LogP contribution in [0.4, 0.5) is 0 Å². The van der Waals surface area contributed by atoms with Crippen LogP contribution < -0.4 is 4.74 Å². The fraction of sp³-hybridized carbons (Fsp3) is 0.500. The number of rotatable bonds is 6. The minimum atomic E-state index is -0.766. The maximum Gasteiger partial charge on any atom is 0.342 e. The van der Waals surface area contributed by atoms with Crippen LogP contribution in [-0.2, 0) is 9.53 Å². The van der Waals surface area contributed by atoms with Crippen LogP contribution in [0.3, 0.4) is 0 Å². The molecular formula is C16H23NO5. The molecule has 1 rings (SSSR count). The molecule has 122 valence electrons. The maximum atomic E-state index is 12.1. The van der Waals surface area contributed by atoms with Crippen molar-refractivity contribution in [2.75, 3.05) is 13.7 Å². The third-order valence-electron chi connectivity index (χ3n) is 3.17. The van der Waals surface area contributed by atoms with Gasteiger partial charge in [0.05, 0.1) is 7.11 Å². The molecule has 6 heteroatoms. The van der Waals surface area contributed by atoms with E-state index in [0.717, 1.165) is 0 Å². The molecule has 0 bridgehead atoms. The van der Waals surface area contributed by atoms with Crippen molar-refractivity contribution in [2.24, 2.45) is 0 Å². The highest BCUT2D eigenvalue weighted by molar-refractivity contribution is 5.94. The first-order chi connectivity index (χ1) is 10.3. The smallest absolute Gasteiger partial charge is 0.342 e. The topological polar surface area (TPSA) is 76.1 Å². The number of esters is 1. The number of phenols is 1. The lowest BCUT2D eigenvalue weighted by Gasteiger charge is -2.30. The fourth-order valence-electron chi connectivity index (χ4n) is 2.30. The monoisotopic (exact) mass is 309 g/mol. The van der Waals surface area contributed by atoms with E-state index >= 15 is 0 Å². The maximum absolute atomic E-state index is 12.1. The standard InChI is InChI=1S/C16H23NO5/c1-10(2)17(11(3)4)14(18)9-22-16(20)12-7-6-8-13(21-5)15(12)19/h6-8,10-11,19H,9H2,1-5H3. The van der Waals surface area contributed by atoms with Crippen molar-refractivity contribution in [1.29, 1.82) is 0 Å². The second-order valence-electron chi connectivity index (χ2n) is 5.42. The number of aromatic hydroxyl groups is 1. The highest BCUT2D eigenvalue weighted by atomic mass is 16.5. The molecule has 0 saturated carbocycles. The number of phenolic OH excluding ortho intramolecular Hbond substituents is 1. The number of carbonyl (C=O) groups excluding carboxylic acids is 2. The number of carbonyl (C=O) groups is 2. The molecule has 0 aliphatic rings. The van der Waals surface area contributed by atoms with Gasteiger partial charge in [0.2, 0.25) is 0 Å². The molecular weight excluding hydrogens is 286 g/mol. The molecule has 0 spiro atoms. The van der Waals surface area contributed by atoms with E-state index < -0.39 is 5.97 Å². The average Bonchev–Trinajstić information content (AvgIpc) is 2.44. The summed E-state index contributed by atoms with van der Waals surface area (Å²) in [7, 11) is 1.39. The van der Waals surface area contributed by atoms with Crippen molar-refractivity contribution in [2.45, 2.75) is 39.8 Å². The lowest BCUT2D eigenvalue weighted by Crippen LogP contribution is -2.44. The van der Waals surface area contributed by atoms with E-state index in [9.17, 15) is 14.7 Å². The first-order valence-corrected chi connectivity index (χ1v) is 7.13. The molecule has 0 fully saturated rings. The molecule has 1 N–H and O–H groups in total. The lowest BCUT2D eigenvalue weighted by atomic mass is 10.2. The second kappa shape index (κ2) is 7.68. The molecule has 0 aromatic heterocycles. The van der Waals surface area contributed by atoms with Crippen molar-refractivity contribution in [3.05, 3.63) is 23.8 Å². The van der Waals surface area contributed by atoms with Crippen LogP contribution in [0.25, 0.3) is 0 Å². The zero-order valence-electron chi connectivity index (χ0n) is 13.6. The van der Waals surface area contributed by atoms with Gasteiger partial charge in [0.1, 0.15) is 5.56 Å². The summed E-state index contributed by atoms with van der Waals surface area (Å²) in [6, 6.07) is 4.52. The normalized spacial score (nSPS) is 10.7. The highest BCUT2D eigenvalue weighted by Gasteiger charge is 2.23. The molecule has 0 aliphatic heterocycles. The Morgan fingerprint density at radius 2 is 1.77 bits per heavy atom. The summed E-state index contributed by atoms with van der Waals surface area (Å²) in [5, 5.41) is 9.89. The van der Waals surface area contributed by atoms with E-state index in [2.05, 4.69) is 0 Å². The van der Waals surface area contributed by atoms with Gasteiger partial charge in [0, 0.05) is 12.1 Å². The van der Waals surface area contributed by atoms with Crippen LogP contribution >= 0.6 is 0 Å². The molecule has 0 aliphatic carbocycles. The van der Waals surface area contributed by atoms with Crippen LogP contribution in [0, 0.1) is 0 Å². The lowest BCUT2D eigenvalue weighted by molar-refractivity contribution is -0.138. The SMILES string of the molecule is COc1cccc(C(=O)OCC(=O)N(C(C)C)C(C)C)c1O. The first kappa shape index (κ1) is 17.8. The largest absolute Gasteiger partial charge is 0.504 e. The number of para-hydroxylation sites is 1. The minimum absolute atomic E-state index is 0.0106. The van der Waals surface area contributed by atoms with Crippen LogP contribution in [0.5, 0.6) is 11.5 Å². The fourth-order valence-corrected chi connectivity index (χ4v) is 2.30. The summed E-state index contributed by atoms with van der Waals surface area (Å²) in [5.41, 5.74) is -0.0345. The molecule has 1 aromatic carbocycles. The Morgan fingerprint density at radius 3 is 2.27 bits per heavy atom. The van der Waals surface area contributed by atoms with E-state index in [0.29, 0.717) is 0 Å². The van der Waals surface area contributed by atoms with Crippen molar-refractivity contribution in [3.8, 4) is 11.5 Å². The number of methoxy groups -OCH3 is 1. The van der Waals surface area contributed by atoms with Gasteiger partial charge in [-0.15, -0.1) is 0 Å². The molecule has 22 heavy (non-hydrogen) atoms. The van der Waals surface area contributed by atoms with Crippen LogP contribution in [0.1, 0.15) is 38.1 Å². The van der Waals surface area contributed by atoms with Gasteiger partial charge in [-0.05, 0) is 39.8 Å². The van der Waals surface area contributed by atoms with E-state index in [1.165, 1.54) is 19.2 Å². The summed E-state index contributed by atoms with van der Waals surface area (Å²) >= 11 is 0. The van der Waals surface area contributed by atoms with Gasteiger partial charge in [-0.1, -0.05) is 6.07 Å². The second-order valence-corrected chi connectivity index (χ2v) is 5.42. The number of amides is 1. The third-order valence-corrected chi connectivity index (χ3v) is 3.17. The Kier molecular flexibility index (Phi) is 6.22. The predicted octanol–water partition coefficient (Wildman–Crippen LogP) is 2.20. The van der Waals surface area contributed by atoms with Gasteiger partial charge < -0.3 is 19.5 Å². The van der Waals surface area contributed by atoms with Gasteiger partial charge in [0.25, 0.3) is 5.91 Å². The zero-order valence-corrected chi connectivity index (χ0v) is 13.6. The molecule has 0 saturated heterocycles. The molecule has 1 aromatic rings. The Labute approximate surface area is 130 Å². The minimum Gasteiger partial charge on any atom is -0.504 e. The van der Waals surface area contributed by atoms with Crippen molar-refractivity contribution >= 4 is 11.9 Å². The summed E-state index contributed by atoms with van der Waals surface area (Å²) < 4.78 is 9.94. The van der Waals surface area contributed by atoms with Gasteiger partial charge >= 0.3 is 5.97 Å². The molecule has 0 heterocycles. The average molecular weight is 309 g/mol. The molecule has 6 nitrogen and oxygen atoms in total. The van der Waals surface area contributed by atoms with Crippen molar-refractivity contribution in [1.82, 2.24) is 4.90 Å². The van der Waals surface area contributed by atoms with E-state index in [-0.39, 0.29) is 41.7 Å². The Bertz CT molecular complexity index is 531. The predicted molar refractivity (Wildman–Crippen MR) is 82.1 cm³/mol. The van der Waals surface area contributed by atoms with Gasteiger partial charge in [0.15, 0.2) is 18.1 Å². The van der Waals surface area contributed by atoms with Crippen LogP contribution in [-0.4, -0.2) is 47.7 Å². The number of ether oxygens (including phenoxy) is 2. The number of benzene rings is 1. The van der Waals surface area contributed by atoms with Gasteiger partial charge in [-0.2, -0.15) is 0 Å². The quantitative estimate of drug-likeness (QED) is 0.815. The molecule has 1 amide bonds. The van der Waals surface area contributed by atoms with Crippen LogP contribution in [0.2, 0.25) is 0 Å². The summed E-state index contributed by atoms with van der Waals surface area (Å²) in [4.78, 5) is 25.8. The first-order valence-electron chi connectivity index (χ1n) is 7.13. The number of hydrogen-bond acceptors (Lipinski definition) is 5. The van der Waals surface area contributed by atoms with Crippen LogP contribution in [0.15, 0.2) is 18.2 Å². The molecule has 0 unspecified atom stereocenters. The van der Waals surface area contributed by atoms with Crippen molar-refractivity contribution in [3.63, 3.8) is 0 Å². The number of nitrogens with zero attached hydrogens (tertiary/aromatic N) is 1. The number of hydrogen-bond donors (Lipinski definition) is 1. The Hall–Kier alpha value is -2.24. The van der Waals surface area contributed by atoms with Crippen molar-refractivity contribution < 1.29 is 24.2 Å². The zero-order chi connectivity index (χ0) is 16.9. The molecule has 0 atom stereocenters. The van der Waals surface area contributed by atoms with E-state index in [1.54, 1.807) is 11.0 Å². The summed E-state index contributed by atoms with van der Waals surface area (Å²) in [5.74, 6) is -1.17. The highest BCUT2D eigenvalue weighted by Crippen LogP contribution is 2.29. The third kappa shape index (κ3) is 4.13. The van der Waals surface area contributed by atoms with Gasteiger partial charge in [-0.25, -0.2) is 4.79 Å².